The van der Waals surface area contributed by atoms with E-state index in [1.807, 2.05) is 4.90 Å². The summed E-state index contributed by atoms with van der Waals surface area (Å²) in [7, 11) is 0. The summed E-state index contributed by atoms with van der Waals surface area (Å²) in [5.74, 6) is -1.55. The molecule has 2 aliphatic rings. The van der Waals surface area contributed by atoms with Crippen molar-refractivity contribution in [3.63, 3.8) is 0 Å². The van der Waals surface area contributed by atoms with Crippen molar-refractivity contribution in [1.82, 2.24) is 4.90 Å². The Bertz CT molecular complexity index is 680. The topological polar surface area (TPSA) is 86.7 Å². The zero-order chi connectivity index (χ0) is 17.3. The average Bonchev–Trinajstić information content (AvgIpc) is 3.18. The van der Waals surface area contributed by atoms with Crippen LogP contribution in [0.4, 0.5) is 5.69 Å². The molecule has 1 aliphatic heterocycles. The van der Waals surface area contributed by atoms with Crippen molar-refractivity contribution in [2.75, 3.05) is 11.9 Å². The van der Waals surface area contributed by atoms with Gasteiger partial charge in [-0.05, 0) is 37.5 Å². The molecule has 1 heterocycles. The van der Waals surface area contributed by atoms with Crippen LogP contribution in [0.15, 0.2) is 18.2 Å². The number of aromatic carboxylic acids is 1. The number of nitrogens with one attached hydrogen (secondary N) is 1. The van der Waals surface area contributed by atoms with Crippen molar-refractivity contribution in [3.8, 4) is 0 Å². The summed E-state index contributed by atoms with van der Waals surface area (Å²) >= 11 is 0. The highest BCUT2D eigenvalue weighted by Crippen LogP contribution is 2.30. The Labute approximate surface area is 140 Å². The molecule has 2 amide bonds. The molecule has 3 rings (SSSR count). The molecule has 6 nitrogen and oxygen atoms in total. The maximum atomic E-state index is 12.4. The first-order chi connectivity index (χ1) is 11.5. The molecule has 0 radical (unpaired) electrons. The van der Waals surface area contributed by atoms with Crippen molar-refractivity contribution in [2.45, 2.75) is 45.1 Å². The number of carboxylic acids is 1. The minimum Gasteiger partial charge on any atom is -0.478 e. The lowest BCUT2D eigenvalue weighted by molar-refractivity contribution is -0.129. The molecule has 1 aromatic rings. The number of anilines is 1. The summed E-state index contributed by atoms with van der Waals surface area (Å²) in [6, 6.07) is 5.10. The van der Waals surface area contributed by atoms with Crippen molar-refractivity contribution in [2.24, 2.45) is 5.92 Å². The van der Waals surface area contributed by atoms with Gasteiger partial charge in [0.1, 0.15) is 0 Å². The summed E-state index contributed by atoms with van der Waals surface area (Å²) in [5.41, 5.74) is 1.27. The Morgan fingerprint density at radius 1 is 1.25 bits per heavy atom. The van der Waals surface area contributed by atoms with E-state index in [1.165, 1.54) is 6.07 Å². The highest BCUT2D eigenvalue weighted by molar-refractivity contribution is 5.98. The average molecular weight is 330 g/mol. The van der Waals surface area contributed by atoms with Gasteiger partial charge in [-0.25, -0.2) is 4.79 Å². The highest BCUT2D eigenvalue weighted by atomic mass is 16.4. The predicted molar refractivity (Wildman–Crippen MR) is 88.8 cm³/mol. The fourth-order valence-corrected chi connectivity index (χ4v) is 3.65. The number of rotatable bonds is 4. The number of aryl methyl sites for hydroxylation is 1. The standard InChI is InChI=1S/C18H22N2O4/c1-11-6-7-13(9-15(11)18(23)24)19-17(22)12-8-16(21)20(10-12)14-4-2-3-5-14/h6-7,9,12,14H,2-5,8,10H2,1H3,(H,19,22)(H,23,24). The van der Waals surface area contributed by atoms with E-state index in [1.54, 1.807) is 19.1 Å². The molecule has 128 valence electrons. The first-order valence-electron chi connectivity index (χ1n) is 8.40. The molecule has 0 spiro atoms. The van der Waals surface area contributed by atoms with Gasteiger partial charge < -0.3 is 15.3 Å². The van der Waals surface area contributed by atoms with Gasteiger partial charge in [-0.15, -0.1) is 0 Å². The minimum absolute atomic E-state index is 0.0529. The number of hydrogen-bond acceptors (Lipinski definition) is 3. The van der Waals surface area contributed by atoms with Crippen LogP contribution in [-0.2, 0) is 9.59 Å². The van der Waals surface area contributed by atoms with E-state index in [0.29, 0.717) is 17.8 Å². The Morgan fingerprint density at radius 3 is 2.62 bits per heavy atom. The van der Waals surface area contributed by atoms with Crippen LogP contribution in [-0.4, -0.2) is 40.4 Å². The van der Waals surface area contributed by atoms with Gasteiger partial charge in [-0.1, -0.05) is 18.9 Å². The second-order valence-electron chi connectivity index (χ2n) is 6.71. The number of carbonyl (C=O) groups is 3. The van der Waals surface area contributed by atoms with E-state index >= 15 is 0 Å². The molecule has 2 N–H and O–H groups in total. The third-order valence-corrected chi connectivity index (χ3v) is 5.03. The SMILES string of the molecule is Cc1ccc(NC(=O)C2CC(=O)N(C3CCCC3)C2)cc1C(=O)O. The van der Waals surface area contributed by atoms with Gasteiger partial charge >= 0.3 is 5.97 Å². The third-order valence-electron chi connectivity index (χ3n) is 5.03. The van der Waals surface area contributed by atoms with Gasteiger partial charge in [-0.3, -0.25) is 9.59 Å². The van der Waals surface area contributed by atoms with Crippen LogP contribution in [0.25, 0.3) is 0 Å². The maximum absolute atomic E-state index is 12.4. The van der Waals surface area contributed by atoms with Gasteiger partial charge in [0, 0.05) is 24.7 Å². The summed E-state index contributed by atoms with van der Waals surface area (Å²) in [4.78, 5) is 37.7. The van der Waals surface area contributed by atoms with Gasteiger partial charge in [0.25, 0.3) is 0 Å². The Hall–Kier alpha value is -2.37. The van der Waals surface area contributed by atoms with Crippen molar-refractivity contribution < 1.29 is 19.5 Å². The number of nitrogens with zero attached hydrogens (tertiary/aromatic N) is 1. The summed E-state index contributed by atoms with van der Waals surface area (Å²) in [6.07, 6.45) is 4.58. The van der Waals surface area contributed by atoms with Gasteiger partial charge in [0.15, 0.2) is 0 Å². The van der Waals surface area contributed by atoms with Crippen LogP contribution in [0.2, 0.25) is 0 Å². The van der Waals surface area contributed by atoms with E-state index in [2.05, 4.69) is 5.32 Å². The normalized spacial score (nSPS) is 21.3. The molecule has 1 saturated heterocycles. The van der Waals surface area contributed by atoms with Gasteiger partial charge in [-0.2, -0.15) is 0 Å². The van der Waals surface area contributed by atoms with E-state index in [9.17, 15) is 14.4 Å². The number of likely N-dealkylation sites (tertiary alicyclic amines) is 1. The number of benzene rings is 1. The van der Waals surface area contributed by atoms with E-state index in [4.69, 9.17) is 5.11 Å². The molecular weight excluding hydrogens is 308 g/mol. The largest absolute Gasteiger partial charge is 0.478 e. The smallest absolute Gasteiger partial charge is 0.336 e. The lowest BCUT2D eigenvalue weighted by Gasteiger charge is -2.23. The second kappa shape index (κ2) is 6.63. The van der Waals surface area contributed by atoms with Crippen molar-refractivity contribution in [3.05, 3.63) is 29.3 Å². The Balaban J connectivity index is 1.66. The summed E-state index contributed by atoms with van der Waals surface area (Å²) in [6.45, 7) is 2.18. The van der Waals surface area contributed by atoms with Crippen LogP contribution in [0.3, 0.4) is 0 Å². The molecule has 6 heteroatoms. The molecule has 24 heavy (non-hydrogen) atoms. The van der Waals surface area contributed by atoms with Gasteiger partial charge in [0.2, 0.25) is 11.8 Å². The molecular formula is C18H22N2O4. The molecule has 2 fully saturated rings. The van der Waals surface area contributed by atoms with Crippen LogP contribution >= 0.6 is 0 Å². The quantitative estimate of drug-likeness (QED) is 0.887. The van der Waals surface area contributed by atoms with E-state index in [0.717, 1.165) is 25.7 Å². The van der Waals surface area contributed by atoms with Crippen molar-refractivity contribution in [1.29, 1.82) is 0 Å². The van der Waals surface area contributed by atoms with E-state index in [-0.39, 0.29) is 35.8 Å². The lowest BCUT2D eigenvalue weighted by Crippen LogP contribution is -2.35. The third kappa shape index (κ3) is 3.27. The zero-order valence-corrected chi connectivity index (χ0v) is 13.7. The first-order valence-corrected chi connectivity index (χ1v) is 8.40. The minimum atomic E-state index is -1.02. The van der Waals surface area contributed by atoms with Gasteiger partial charge in [0.05, 0.1) is 11.5 Å². The molecule has 1 aromatic carbocycles. The molecule has 1 saturated carbocycles. The zero-order valence-electron chi connectivity index (χ0n) is 13.7. The first kappa shape index (κ1) is 16.5. The van der Waals surface area contributed by atoms with Crippen LogP contribution in [0, 0.1) is 12.8 Å². The molecule has 1 unspecified atom stereocenters. The Morgan fingerprint density at radius 2 is 1.96 bits per heavy atom. The molecule has 0 aromatic heterocycles. The number of amides is 2. The second-order valence-corrected chi connectivity index (χ2v) is 6.71. The van der Waals surface area contributed by atoms with Crippen LogP contribution in [0.5, 0.6) is 0 Å². The van der Waals surface area contributed by atoms with Crippen LogP contribution < -0.4 is 5.32 Å². The number of hydrogen-bond donors (Lipinski definition) is 2. The van der Waals surface area contributed by atoms with E-state index < -0.39 is 5.97 Å². The summed E-state index contributed by atoms with van der Waals surface area (Å²) < 4.78 is 0. The molecule has 0 bridgehead atoms. The fourth-order valence-electron chi connectivity index (χ4n) is 3.65. The number of carboxylic acid groups (broad SMARTS) is 1. The molecule has 1 aliphatic carbocycles. The Kier molecular flexibility index (Phi) is 4.55. The van der Waals surface area contributed by atoms with Crippen molar-refractivity contribution >= 4 is 23.5 Å². The predicted octanol–water partition coefficient (Wildman–Crippen LogP) is 2.42. The fraction of sp³-hybridized carbons (Fsp3) is 0.500. The molecule has 1 atom stereocenters. The maximum Gasteiger partial charge on any atom is 0.336 e. The monoisotopic (exact) mass is 330 g/mol. The van der Waals surface area contributed by atoms with Crippen LogP contribution in [0.1, 0.15) is 48.0 Å². The highest BCUT2D eigenvalue weighted by Gasteiger charge is 2.38. The number of carbonyl (C=O) groups excluding carboxylic acids is 2. The lowest BCUT2D eigenvalue weighted by atomic mass is 10.1. The summed E-state index contributed by atoms with van der Waals surface area (Å²) in [5, 5.41) is 11.9.